The van der Waals surface area contributed by atoms with E-state index in [0.29, 0.717) is 5.56 Å². The highest BCUT2D eigenvalue weighted by Gasteiger charge is 2.10. The summed E-state index contributed by atoms with van der Waals surface area (Å²) >= 11 is 3.59. The Morgan fingerprint density at radius 1 is 1.15 bits per heavy atom. The maximum absolute atomic E-state index is 12.0. The van der Waals surface area contributed by atoms with Crippen molar-refractivity contribution in [3.05, 3.63) is 81.3 Å². The zero-order chi connectivity index (χ0) is 18.7. The Labute approximate surface area is 160 Å². The molecule has 0 fully saturated rings. The Kier molecular flexibility index (Phi) is 5.32. The molecule has 0 aliphatic heterocycles. The van der Waals surface area contributed by atoms with Gasteiger partial charge in [0.1, 0.15) is 0 Å². The molecule has 3 aromatic rings. The summed E-state index contributed by atoms with van der Waals surface area (Å²) in [6.45, 7) is 6.15. The number of nitrogens with one attached hydrogen (secondary N) is 1. The minimum atomic E-state index is -0.264. The van der Waals surface area contributed by atoms with E-state index >= 15 is 0 Å². The molecule has 1 N–H and O–H groups in total. The summed E-state index contributed by atoms with van der Waals surface area (Å²) in [5.74, 6) is -0.264. The minimum absolute atomic E-state index is 0.264. The van der Waals surface area contributed by atoms with E-state index in [9.17, 15) is 4.79 Å². The second-order valence-corrected chi connectivity index (χ2v) is 6.88. The van der Waals surface area contributed by atoms with Gasteiger partial charge < -0.3 is 4.57 Å². The van der Waals surface area contributed by atoms with Crippen molar-refractivity contribution in [2.24, 2.45) is 5.10 Å². The van der Waals surface area contributed by atoms with Gasteiger partial charge in [-0.05, 0) is 56.7 Å². The molecular weight excluding hydrogens is 392 g/mol. The molecule has 2 heterocycles. The van der Waals surface area contributed by atoms with E-state index in [-0.39, 0.29) is 5.91 Å². The Balaban J connectivity index is 1.81. The maximum atomic E-state index is 12.0. The van der Waals surface area contributed by atoms with Gasteiger partial charge in [-0.3, -0.25) is 9.78 Å². The van der Waals surface area contributed by atoms with Crippen molar-refractivity contribution in [3.63, 3.8) is 0 Å². The second kappa shape index (κ2) is 7.66. The molecule has 0 saturated heterocycles. The van der Waals surface area contributed by atoms with Crippen LogP contribution in [-0.4, -0.2) is 21.7 Å². The highest BCUT2D eigenvalue weighted by molar-refractivity contribution is 9.10. The van der Waals surface area contributed by atoms with Crippen LogP contribution in [0.2, 0.25) is 0 Å². The van der Waals surface area contributed by atoms with E-state index in [1.54, 1.807) is 30.7 Å². The van der Waals surface area contributed by atoms with Crippen molar-refractivity contribution in [3.8, 4) is 5.69 Å². The first kappa shape index (κ1) is 18.1. The molecule has 0 atom stereocenters. The summed E-state index contributed by atoms with van der Waals surface area (Å²) in [6, 6.07) is 11.6. The highest BCUT2D eigenvalue weighted by atomic mass is 79.9. The lowest BCUT2D eigenvalue weighted by atomic mass is 10.2. The van der Waals surface area contributed by atoms with Crippen LogP contribution < -0.4 is 5.43 Å². The van der Waals surface area contributed by atoms with Gasteiger partial charge in [0.15, 0.2) is 0 Å². The van der Waals surface area contributed by atoms with Crippen LogP contribution >= 0.6 is 15.9 Å². The Morgan fingerprint density at radius 2 is 1.88 bits per heavy atom. The lowest BCUT2D eigenvalue weighted by Crippen LogP contribution is -2.17. The zero-order valence-electron chi connectivity index (χ0n) is 14.8. The third-order valence-corrected chi connectivity index (χ3v) is 5.05. The van der Waals surface area contributed by atoms with Gasteiger partial charge in [0.25, 0.3) is 5.91 Å². The topological polar surface area (TPSA) is 59.3 Å². The maximum Gasteiger partial charge on any atom is 0.271 e. The normalized spacial score (nSPS) is 11.1. The number of carbonyl (C=O) groups is 1. The molecule has 0 radical (unpaired) electrons. The number of hydrazone groups is 1. The van der Waals surface area contributed by atoms with Gasteiger partial charge in [-0.1, -0.05) is 22.0 Å². The van der Waals surface area contributed by atoms with E-state index in [4.69, 9.17) is 0 Å². The quantitative estimate of drug-likeness (QED) is 0.514. The van der Waals surface area contributed by atoms with E-state index in [0.717, 1.165) is 27.1 Å². The van der Waals surface area contributed by atoms with Gasteiger partial charge in [0.05, 0.1) is 6.21 Å². The fourth-order valence-electron chi connectivity index (χ4n) is 2.76. The van der Waals surface area contributed by atoms with Crippen molar-refractivity contribution in [2.75, 3.05) is 0 Å². The first-order chi connectivity index (χ1) is 12.5. The number of hydrogen-bond donors (Lipinski definition) is 1. The first-order valence-corrected chi connectivity index (χ1v) is 8.95. The molecule has 0 aliphatic rings. The summed E-state index contributed by atoms with van der Waals surface area (Å²) in [5, 5.41) is 4.09. The molecule has 0 bridgehead atoms. The highest BCUT2D eigenvalue weighted by Crippen LogP contribution is 2.24. The van der Waals surface area contributed by atoms with E-state index in [1.807, 2.05) is 19.9 Å². The van der Waals surface area contributed by atoms with Gasteiger partial charge in [-0.25, -0.2) is 5.43 Å². The SMILES string of the molecule is Cc1ccc(-n2c(C)cc(/C=N/NC(=O)c3ccncc3)c2C)cc1Br. The average molecular weight is 411 g/mol. The first-order valence-electron chi connectivity index (χ1n) is 8.16. The summed E-state index contributed by atoms with van der Waals surface area (Å²) < 4.78 is 3.23. The van der Waals surface area contributed by atoms with Crippen molar-refractivity contribution < 1.29 is 4.79 Å². The number of amides is 1. The Morgan fingerprint density at radius 3 is 2.58 bits per heavy atom. The summed E-state index contributed by atoms with van der Waals surface area (Å²) in [7, 11) is 0. The Bertz CT molecular complexity index is 977. The number of hydrogen-bond acceptors (Lipinski definition) is 3. The van der Waals surface area contributed by atoms with Crippen LogP contribution in [0.25, 0.3) is 5.69 Å². The number of carbonyl (C=O) groups excluding carboxylic acids is 1. The molecule has 0 saturated carbocycles. The monoisotopic (exact) mass is 410 g/mol. The molecule has 1 aromatic carbocycles. The van der Waals surface area contributed by atoms with Crippen molar-refractivity contribution in [2.45, 2.75) is 20.8 Å². The summed E-state index contributed by atoms with van der Waals surface area (Å²) in [6.07, 6.45) is 4.82. The van der Waals surface area contributed by atoms with E-state index in [2.05, 4.69) is 61.1 Å². The molecule has 1 amide bonds. The number of halogens is 1. The fourth-order valence-corrected chi connectivity index (χ4v) is 3.13. The fraction of sp³-hybridized carbons (Fsp3) is 0.150. The van der Waals surface area contributed by atoms with Crippen molar-refractivity contribution in [1.29, 1.82) is 0 Å². The lowest BCUT2D eigenvalue weighted by Gasteiger charge is -2.11. The van der Waals surface area contributed by atoms with Crippen LogP contribution in [0.4, 0.5) is 0 Å². The molecule has 0 unspecified atom stereocenters. The molecule has 2 aromatic heterocycles. The molecule has 3 rings (SSSR count). The molecular formula is C20H19BrN4O. The van der Waals surface area contributed by atoms with Gasteiger partial charge in [0, 0.05) is 45.1 Å². The third kappa shape index (κ3) is 3.75. The van der Waals surface area contributed by atoms with Crippen LogP contribution in [0, 0.1) is 20.8 Å². The van der Waals surface area contributed by atoms with Crippen LogP contribution in [0.3, 0.4) is 0 Å². The van der Waals surface area contributed by atoms with E-state index in [1.165, 1.54) is 5.56 Å². The molecule has 6 heteroatoms. The van der Waals surface area contributed by atoms with E-state index < -0.39 is 0 Å². The number of rotatable bonds is 4. The van der Waals surface area contributed by atoms with Gasteiger partial charge in [-0.15, -0.1) is 0 Å². The lowest BCUT2D eigenvalue weighted by molar-refractivity contribution is 0.0955. The smallest absolute Gasteiger partial charge is 0.271 e. The largest absolute Gasteiger partial charge is 0.318 e. The number of aryl methyl sites for hydroxylation is 2. The average Bonchev–Trinajstić information content (AvgIpc) is 2.92. The molecule has 132 valence electrons. The third-order valence-electron chi connectivity index (χ3n) is 4.20. The van der Waals surface area contributed by atoms with Crippen LogP contribution in [0.1, 0.15) is 32.9 Å². The molecule has 0 aliphatic carbocycles. The zero-order valence-corrected chi connectivity index (χ0v) is 16.4. The standard InChI is InChI=1S/C20H19BrN4O/c1-13-4-5-18(11-19(13)21)25-14(2)10-17(15(25)3)12-23-24-20(26)16-6-8-22-9-7-16/h4-12H,1-3H3,(H,24,26)/b23-12+. The molecule has 0 spiro atoms. The van der Waals surface area contributed by atoms with Gasteiger partial charge in [0.2, 0.25) is 0 Å². The number of benzene rings is 1. The summed E-state index contributed by atoms with van der Waals surface area (Å²) in [5.41, 5.74) is 8.45. The van der Waals surface area contributed by atoms with Crippen LogP contribution in [-0.2, 0) is 0 Å². The number of aromatic nitrogens is 2. The van der Waals surface area contributed by atoms with Crippen molar-refractivity contribution in [1.82, 2.24) is 15.0 Å². The van der Waals surface area contributed by atoms with Crippen molar-refractivity contribution >= 4 is 28.1 Å². The Hall–Kier alpha value is -2.73. The minimum Gasteiger partial charge on any atom is -0.318 e. The predicted molar refractivity (Wildman–Crippen MR) is 107 cm³/mol. The van der Waals surface area contributed by atoms with Crippen LogP contribution in [0.5, 0.6) is 0 Å². The van der Waals surface area contributed by atoms with Gasteiger partial charge in [-0.2, -0.15) is 5.10 Å². The van der Waals surface area contributed by atoms with Crippen LogP contribution in [0.15, 0.2) is 58.4 Å². The number of pyridine rings is 1. The predicted octanol–water partition coefficient (Wildman–Crippen LogP) is 4.32. The number of nitrogens with zero attached hydrogens (tertiary/aromatic N) is 3. The second-order valence-electron chi connectivity index (χ2n) is 6.03. The molecule has 5 nitrogen and oxygen atoms in total. The van der Waals surface area contributed by atoms with Gasteiger partial charge >= 0.3 is 0 Å². The summed E-state index contributed by atoms with van der Waals surface area (Å²) in [4.78, 5) is 15.9. The molecule has 26 heavy (non-hydrogen) atoms.